The highest BCUT2D eigenvalue weighted by atomic mass is 16.4. The number of carboxylic acids is 1. The first-order valence-electron chi connectivity index (χ1n) is 6.62. The number of carbonyl (C=O) groups is 1. The second kappa shape index (κ2) is 6.66. The van der Waals surface area contributed by atoms with Crippen molar-refractivity contribution in [1.29, 1.82) is 0 Å². The fraction of sp³-hybridized carbons (Fsp3) is 0.176. The zero-order valence-electron chi connectivity index (χ0n) is 11.4. The molecule has 3 nitrogen and oxygen atoms in total. The quantitative estimate of drug-likeness (QED) is 0.839. The molecule has 0 unspecified atom stereocenters. The van der Waals surface area contributed by atoms with Crippen LogP contribution in [0.1, 0.15) is 30.5 Å². The van der Waals surface area contributed by atoms with Gasteiger partial charge < -0.3 is 5.11 Å². The number of aliphatic carboxylic acids is 1. The van der Waals surface area contributed by atoms with E-state index in [-0.39, 0.29) is 11.8 Å². The van der Waals surface area contributed by atoms with Gasteiger partial charge in [0.2, 0.25) is 0 Å². The van der Waals surface area contributed by atoms with Crippen LogP contribution < -0.4 is 0 Å². The molecule has 2 rings (SSSR count). The lowest BCUT2D eigenvalue weighted by Crippen LogP contribution is -2.14. The first-order valence-corrected chi connectivity index (χ1v) is 6.62. The van der Waals surface area contributed by atoms with Crippen molar-refractivity contribution >= 4 is 11.7 Å². The SMILES string of the molecule is CCC(=NC(c1ccccc1)c1ccccc1)C(=O)O. The number of aliphatic imine (C=N–C) groups is 1. The molecule has 0 atom stereocenters. The number of carboxylic acid groups (broad SMARTS) is 1. The lowest BCUT2D eigenvalue weighted by molar-refractivity contribution is -0.129. The van der Waals surface area contributed by atoms with E-state index in [1.54, 1.807) is 6.92 Å². The highest BCUT2D eigenvalue weighted by Gasteiger charge is 2.15. The Morgan fingerprint density at radius 1 is 1.00 bits per heavy atom. The summed E-state index contributed by atoms with van der Waals surface area (Å²) >= 11 is 0. The van der Waals surface area contributed by atoms with Gasteiger partial charge in [-0.2, -0.15) is 0 Å². The van der Waals surface area contributed by atoms with Crippen molar-refractivity contribution < 1.29 is 9.90 Å². The van der Waals surface area contributed by atoms with Gasteiger partial charge in [0.25, 0.3) is 0 Å². The summed E-state index contributed by atoms with van der Waals surface area (Å²) in [5.41, 5.74) is 2.18. The summed E-state index contributed by atoms with van der Waals surface area (Å²) in [6, 6.07) is 19.2. The number of rotatable bonds is 5. The van der Waals surface area contributed by atoms with Crippen molar-refractivity contribution in [2.75, 3.05) is 0 Å². The molecule has 0 amide bonds. The van der Waals surface area contributed by atoms with Crippen molar-refractivity contribution in [2.45, 2.75) is 19.4 Å². The molecule has 0 spiro atoms. The highest BCUT2D eigenvalue weighted by molar-refractivity contribution is 6.35. The first kappa shape index (κ1) is 14.0. The van der Waals surface area contributed by atoms with Crippen molar-refractivity contribution in [2.24, 2.45) is 4.99 Å². The van der Waals surface area contributed by atoms with Gasteiger partial charge in [-0.1, -0.05) is 67.6 Å². The second-order valence-corrected chi connectivity index (χ2v) is 4.46. The van der Waals surface area contributed by atoms with Crippen LogP contribution in [0.2, 0.25) is 0 Å². The Kier molecular flexibility index (Phi) is 4.66. The van der Waals surface area contributed by atoms with Gasteiger partial charge in [0.05, 0.1) is 0 Å². The average molecular weight is 267 g/mol. The van der Waals surface area contributed by atoms with E-state index in [1.165, 1.54) is 0 Å². The molecule has 0 saturated heterocycles. The Labute approximate surface area is 118 Å². The van der Waals surface area contributed by atoms with E-state index in [2.05, 4.69) is 4.99 Å². The average Bonchev–Trinajstić information content (AvgIpc) is 2.50. The third kappa shape index (κ3) is 3.32. The predicted molar refractivity (Wildman–Crippen MR) is 80.1 cm³/mol. The molecule has 1 N–H and O–H groups in total. The van der Waals surface area contributed by atoms with Crippen LogP contribution in [0.4, 0.5) is 0 Å². The predicted octanol–water partition coefficient (Wildman–Crippen LogP) is 3.71. The van der Waals surface area contributed by atoms with E-state index in [4.69, 9.17) is 0 Å². The number of benzene rings is 2. The van der Waals surface area contributed by atoms with Crippen LogP contribution in [0, 0.1) is 0 Å². The molecule has 0 fully saturated rings. The minimum absolute atomic E-state index is 0.197. The number of hydrogen-bond acceptors (Lipinski definition) is 2. The monoisotopic (exact) mass is 267 g/mol. The smallest absolute Gasteiger partial charge is 0.349 e. The molecule has 0 saturated carbocycles. The molecular weight excluding hydrogens is 250 g/mol. The molecule has 0 bridgehead atoms. The third-order valence-corrected chi connectivity index (χ3v) is 3.10. The van der Waals surface area contributed by atoms with Crippen LogP contribution in [0.15, 0.2) is 65.7 Å². The van der Waals surface area contributed by atoms with E-state index in [9.17, 15) is 9.90 Å². The zero-order chi connectivity index (χ0) is 14.4. The Balaban J connectivity index is 2.48. The molecule has 0 aromatic heterocycles. The summed E-state index contributed by atoms with van der Waals surface area (Å²) in [5.74, 6) is -0.954. The maximum absolute atomic E-state index is 11.2. The molecule has 0 heterocycles. The van der Waals surface area contributed by atoms with Gasteiger partial charge >= 0.3 is 5.97 Å². The maximum Gasteiger partial charge on any atom is 0.349 e. The largest absolute Gasteiger partial charge is 0.477 e. The third-order valence-electron chi connectivity index (χ3n) is 3.10. The summed E-state index contributed by atoms with van der Waals surface area (Å²) in [6.07, 6.45) is 0.408. The summed E-state index contributed by atoms with van der Waals surface area (Å²) in [7, 11) is 0. The molecule has 2 aromatic rings. The number of hydrogen-bond donors (Lipinski definition) is 1. The van der Waals surface area contributed by atoms with Crippen molar-refractivity contribution in [3.8, 4) is 0 Å². The van der Waals surface area contributed by atoms with Crippen LogP contribution in [0.5, 0.6) is 0 Å². The molecule has 0 aliphatic rings. The lowest BCUT2D eigenvalue weighted by Gasteiger charge is -2.14. The van der Waals surface area contributed by atoms with Gasteiger partial charge in [0, 0.05) is 0 Å². The summed E-state index contributed by atoms with van der Waals surface area (Å²) in [6.45, 7) is 1.81. The van der Waals surface area contributed by atoms with E-state index in [0.717, 1.165) is 11.1 Å². The molecular formula is C17H17NO2. The minimum atomic E-state index is -0.954. The van der Waals surface area contributed by atoms with Gasteiger partial charge in [-0.15, -0.1) is 0 Å². The second-order valence-electron chi connectivity index (χ2n) is 4.46. The van der Waals surface area contributed by atoms with Crippen molar-refractivity contribution in [1.82, 2.24) is 0 Å². The molecule has 20 heavy (non-hydrogen) atoms. The van der Waals surface area contributed by atoms with E-state index >= 15 is 0 Å². The maximum atomic E-state index is 11.2. The fourth-order valence-electron chi connectivity index (χ4n) is 2.07. The Hall–Kier alpha value is -2.42. The Morgan fingerprint density at radius 3 is 1.80 bits per heavy atom. The Bertz CT molecular complexity index is 551. The number of nitrogens with zero attached hydrogens (tertiary/aromatic N) is 1. The summed E-state index contributed by atoms with van der Waals surface area (Å²) in [5, 5.41) is 9.19. The van der Waals surface area contributed by atoms with E-state index < -0.39 is 5.97 Å². The standard InChI is InChI=1S/C17H17NO2/c1-2-15(17(19)20)18-16(13-9-5-3-6-10-13)14-11-7-4-8-12-14/h3-12,16H,2H2,1H3,(H,19,20). The van der Waals surface area contributed by atoms with Crippen LogP contribution in [0.25, 0.3) is 0 Å². The molecule has 3 heteroatoms. The van der Waals surface area contributed by atoms with Crippen molar-refractivity contribution in [3.05, 3.63) is 71.8 Å². The topological polar surface area (TPSA) is 49.7 Å². The minimum Gasteiger partial charge on any atom is -0.477 e. The van der Waals surface area contributed by atoms with Crippen LogP contribution in [0.3, 0.4) is 0 Å². The summed E-state index contributed by atoms with van der Waals surface area (Å²) in [4.78, 5) is 15.6. The van der Waals surface area contributed by atoms with Crippen LogP contribution >= 0.6 is 0 Å². The molecule has 102 valence electrons. The zero-order valence-corrected chi connectivity index (χ0v) is 11.4. The van der Waals surface area contributed by atoms with Gasteiger partial charge in [-0.25, -0.2) is 4.79 Å². The Morgan fingerprint density at radius 2 is 1.45 bits per heavy atom. The van der Waals surface area contributed by atoms with Gasteiger partial charge in [-0.3, -0.25) is 4.99 Å². The van der Waals surface area contributed by atoms with Crippen LogP contribution in [-0.2, 0) is 4.79 Å². The molecule has 0 radical (unpaired) electrons. The van der Waals surface area contributed by atoms with Crippen molar-refractivity contribution in [3.63, 3.8) is 0 Å². The highest BCUT2D eigenvalue weighted by Crippen LogP contribution is 2.26. The van der Waals surface area contributed by atoms with E-state index in [1.807, 2.05) is 60.7 Å². The molecule has 0 aliphatic carbocycles. The molecule has 0 aliphatic heterocycles. The van der Waals surface area contributed by atoms with Gasteiger partial charge in [0.1, 0.15) is 11.8 Å². The summed E-state index contributed by atoms with van der Waals surface area (Å²) < 4.78 is 0. The fourth-order valence-corrected chi connectivity index (χ4v) is 2.07. The van der Waals surface area contributed by atoms with Crippen LogP contribution in [-0.4, -0.2) is 16.8 Å². The molecule has 2 aromatic carbocycles. The van der Waals surface area contributed by atoms with Gasteiger partial charge in [-0.05, 0) is 17.5 Å². The normalized spacial score (nSPS) is 11.6. The lowest BCUT2D eigenvalue weighted by atomic mass is 9.99. The van der Waals surface area contributed by atoms with E-state index in [0.29, 0.717) is 6.42 Å². The first-order chi connectivity index (χ1) is 9.72. The van der Waals surface area contributed by atoms with Gasteiger partial charge in [0.15, 0.2) is 0 Å².